The molecule has 4 rings (SSSR count). The number of likely N-dealkylation sites (tertiary alicyclic amines) is 1. The predicted octanol–water partition coefficient (Wildman–Crippen LogP) is 5.79. The van der Waals surface area contributed by atoms with Crippen molar-refractivity contribution in [2.75, 3.05) is 19.6 Å². The fourth-order valence-corrected chi connectivity index (χ4v) is 5.34. The van der Waals surface area contributed by atoms with E-state index >= 15 is 0 Å². The molecule has 2 aliphatic heterocycles. The minimum atomic E-state index is -0.447. The molecular weight excluding hydrogens is 430 g/mol. The third-order valence-corrected chi connectivity index (χ3v) is 6.73. The van der Waals surface area contributed by atoms with Crippen LogP contribution in [-0.2, 0) is 5.41 Å². The third kappa shape index (κ3) is 3.29. The molecule has 2 aliphatic rings. The molecule has 5 heteroatoms. The predicted molar refractivity (Wildman–Crippen MR) is 114 cm³/mol. The average Bonchev–Trinajstić information content (AvgIpc) is 2.72. The number of nitrogens with zero attached hydrogens (tertiary/aromatic N) is 1. The van der Waals surface area contributed by atoms with Gasteiger partial charge in [0.15, 0.2) is 5.78 Å². The average molecular weight is 451 g/mol. The van der Waals surface area contributed by atoms with E-state index < -0.39 is 5.41 Å². The van der Waals surface area contributed by atoms with Crippen LogP contribution in [0.2, 0.25) is 5.02 Å². The summed E-state index contributed by atoms with van der Waals surface area (Å²) in [7, 11) is 0. The summed E-state index contributed by atoms with van der Waals surface area (Å²) in [6.07, 6.45) is 3.61. The molecule has 0 amide bonds. The van der Waals surface area contributed by atoms with Crippen LogP contribution in [0.1, 0.15) is 28.8 Å². The summed E-state index contributed by atoms with van der Waals surface area (Å²) in [5, 5.41) is 0.623. The van der Waals surface area contributed by atoms with Crippen LogP contribution in [0.5, 0.6) is 0 Å². The van der Waals surface area contributed by atoms with Gasteiger partial charge in [-0.2, -0.15) is 0 Å². The first kappa shape index (κ1) is 19.7. The smallest absolute Gasteiger partial charge is 0.174 e. The van der Waals surface area contributed by atoms with Gasteiger partial charge in [0.25, 0.3) is 0 Å². The lowest BCUT2D eigenvalue weighted by Gasteiger charge is -2.41. The van der Waals surface area contributed by atoms with Crippen LogP contribution in [0.15, 0.2) is 64.9 Å². The highest BCUT2D eigenvalue weighted by Crippen LogP contribution is 2.49. The standard InChI is InChI=1S/C21H20ClNOS.BrH/c1-2-11-23-12-9-21(10-13-23)17-5-3-4-6-19(17)25-18-8-7-15(22)14-16(18)20(21)24;/h2-8,14H,1,9-13H2;1H. The van der Waals surface area contributed by atoms with Crippen LogP contribution < -0.4 is 0 Å². The Morgan fingerprint density at radius 2 is 1.88 bits per heavy atom. The first-order valence-electron chi connectivity index (χ1n) is 8.59. The highest BCUT2D eigenvalue weighted by molar-refractivity contribution is 8.93. The lowest BCUT2D eigenvalue weighted by Crippen LogP contribution is -2.47. The summed E-state index contributed by atoms with van der Waals surface area (Å²) in [5.41, 5.74) is 1.50. The number of piperidine rings is 1. The van der Waals surface area contributed by atoms with Crippen LogP contribution in [0.3, 0.4) is 0 Å². The Kier molecular flexibility index (Phi) is 5.97. The van der Waals surface area contributed by atoms with Crippen LogP contribution in [0, 0.1) is 0 Å². The summed E-state index contributed by atoms with van der Waals surface area (Å²) in [6.45, 7) is 6.53. The monoisotopic (exact) mass is 449 g/mol. The first-order valence-corrected chi connectivity index (χ1v) is 9.78. The van der Waals surface area contributed by atoms with E-state index in [-0.39, 0.29) is 22.8 Å². The summed E-state index contributed by atoms with van der Waals surface area (Å²) in [6, 6.07) is 14.1. The molecular formula is C21H21BrClNOS. The normalized spacial score (nSPS) is 18.4. The van der Waals surface area contributed by atoms with E-state index in [9.17, 15) is 4.79 Å². The fourth-order valence-electron chi connectivity index (χ4n) is 4.01. The maximum atomic E-state index is 13.7. The molecule has 0 bridgehead atoms. The number of halogens is 2. The van der Waals surface area contributed by atoms with Gasteiger partial charge < -0.3 is 0 Å². The lowest BCUT2D eigenvalue weighted by molar-refractivity contribution is 0.0776. The number of carbonyl (C=O) groups excluding carboxylic acids is 1. The molecule has 0 N–H and O–H groups in total. The van der Waals surface area contributed by atoms with E-state index in [0.717, 1.165) is 42.9 Å². The number of hydrogen-bond donors (Lipinski definition) is 0. The third-order valence-electron chi connectivity index (χ3n) is 5.34. The Balaban J connectivity index is 0.00000196. The number of Topliss-reactive ketones (excluding diaryl/α,β-unsaturated/α-hetero) is 1. The second-order valence-corrected chi connectivity index (χ2v) is 8.26. The summed E-state index contributed by atoms with van der Waals surface area (Å²) < 4.78 is 0. The molecule has 1 fully saturated rings. The molecule has 2 nitrogen and oxygen atoms in total. The highest BCUT2D eigenvalue weighted by Gasteiger charge is 2.46. The van der Waals surface area contributed by atoms with Gasteiger partial charge in [0.1, 0.15) is 0 Å². The SMILES string of the molecule is Br.C=CCN1CCC2(CC1)C(=O)c1cc(Cl)ccc1Sc1ccccc12. The van der Waals surface area contributed by atoms with Gasteiger partial charge in [0.05, 0.1) is 5.41 Å². The number of benzene rings is 2. The van der Waals surface area contributed by atoms with Crippen LogP contribution in [-0.4, -0.2) is 30.3 Å². The fraction of sp³-hybridized carbons (Fsp3) is 0.286. The first-order chi connectivity index (χ1) is 12.1. The maximum Gasteiger partial charge on any atom is 0.174 e. The van der Waals surface area contributed by atoms with Crippen LogP contribution in [0.25, 0.3) is 0 Å². The van der Waals surface area contributed by atoms with Crippen molar-refractivity contribution < 1.29 is 4.79 Å². The molecule has 26 heavy (non-hydrogen) atoms. The zero-order valence-electron chi connectivity index (χ0n) is 14.4. The Labute approximate surface area is 174 Å². The van der Waals surface area contributed by atoms with Crippen LogP contribution >= 0.6 is 40.3 Å². The Morgan fingerprint density at radius 3 is 2.62 bits per heavy atom. The molecule has 2 aromatic carbocycles. The molecule has 2 heterocycles. The van der Waals surface area contributed by atoms with E-state index in [1.54, 1.807) is 11.8 Å². The number of ketones is 1. The van der Waals surface area contributed by atoms with Gasteiger partial charge in [-0.3, -0.25) is 9.69 Å². The van der Waals surface area contributed by atoms with Crippen molar-refractivity contribution in [1.29, 1.82) is 0 Å². The summed E-state index contributed by atoms with van der Waals surface area (Å²) >= 11 is 7.90. The highest BCUT2D eigenvalue weighted by atomic mass is 79.9. The molecule has 0 aromatic heterocycles. The van der Waals surface area contributed by atoms with Gasteiger partial charge in [-0.25, -0.2) is 0 Å². The zero-order valence-corrected chi connectivity index (χ0v) is 17.7. The molecule has 0 atom stereocenters. The molecule has 0 aliphatic carbocycles. The minimum absolute atomic E-state index is 0. The Hall–Kier alpha value is -1.07. The van der Waals surface area contributed by atoms with Crippen molar-refractivity contribution in [3.05, 3.63) is 71.3 Å². The van der Waals surface area contributed by atoms with Crippen molar-refractivity contribution in [2.24, 2.45) is 0 Å². The van der Waals surface area contributed by atoms with Crippen molar-refractivity contribution in [3.63, 3.8) is 0 Å². The minimum Gasteiger partial charge on any atom is -0.300 e. The van der Waals surface area contributed by atoms with E-state index in [1.807, 2.05) is 30.3 Å². The van der Waals surface area contributed by atoms with Gasteiger partial charge in [-0.05, 0) is 55.8 Å². The summed E-state index contributed by atoms with van der Waals surface area (Å²) in [4.78, 5) is 18.2. The second-order valence-electron chi connectivity index (χ2n) is 6.74. The quantitative estimate of drug-likeness (QED) is 0.541. The van der Waals surface area contributed by atoms with Crippen molar-refractivity contribution in [1.82, 2.24) is 4.90 Å². The van der Waals surface area contributed by atoms with E-state index in [0.29, 0.717) is 5.02 Å². The molecule has 2 aromatic rings. The molecule has 136 valence electrons. The number of hydrogen-bond acceptors (Lipinski definition) is 3. The van der Waals surface area contributed by atoms with Gasteiger partial charge in [0, 0.05) is 26.9 Å². The maximum absolute atomic E-state index is 13.7. The number of fused-ring (bicyclic) bond motifs is 3. The number of carbonyl (C=O) groups is 1. The van der Waals surface area contributed by atoms with Crippen molar-refractivity contribution in [2.45, 2.75) is 28.0 Å². The largest absolute Gasteiger partial charge is 0.300 e. The van der Waals surface area contributed by atoms with E-state index in [4.69, 9.17) is 11.6 Å². The van der Waals surface area contributed by atoms with Crippen molar-refractivity contribution >= 4 is 46.1 Å². The van der Waals surface area contributed by atoms with E-state index in [1.165, 1.54) is 10.5 Å². The van der Waals surface area contributed by atoms with Crippen LogP contribution in [0.4, 0.5) is 0 Å². The Bertz CT molecular complexity index is 846. The topological polar surface area (TPSA) is 20.3 Å². The molecule has 0 saturated carbocycles. The van der Waals surface area contributed by atoms with Crippen molar-refractivity contribution in [3.8, 4) is 0 Å². The molecule has 1 saturated heterocycles. The number of rotatable bonds is 2. The van der Waals surface area contributed by atoms with Gasteiger partial charge in [-0.15, -0.1) is 23.6 Å². The van der Waals surface area contributed by atoms with Gasteiger partial charge in [-0.1, -0.05) is 47.6 Å². The zero-order chi connectivity index (χ0) is 17.4. The molecule has 0 radical (unpaired) electrons. The van der Waals surface area contributed by atoms with Gasteiger partial charge in [0.2, 0.25) is 0 Å². The molecule has 0 unspecified atom stereocenters. The van der Waals surface area contributed by atoms with Gasteiger partial charge >= 0.3 is 0 Å². The molecule has 1 spiro atoms. The second kappa shape index (κ2) is 7.89. The Morgan fingerprint density at radius 1 is 1.15 bits per heavy atom. The summed E-state index contributed by atoms with van der Waals surface area (Å²) in [5.74, 6) is 0.223. The lowest BCUT2D eigenvalue weighted by atomic mass is 9.68. The van der Waals surface area contributed by atoms with E-state index in [2.05, 4.69) is 29.7 Å².